The third-order valence-electron chi connectivity index (χ3n) is 4.21. The third kappa shape index (κ3) is 3.07. The van der Waals surface area contributed by atoms with E-state index in [-0.39, 0.29) is 0 Å². The highest BCUT2D eigenvalue weighted by molar-refractivity contribution is 6.31. The Morgan fingerprint density at radius 1 is 1.33 bits per heavy atom. The van der Waals surface area contributed by atoms with Gasteiger partial charge >= 0.3 is 0 Å². The summed E-state index contributed by atoms with van der Waals surface area (Å²) in [6.45, 7) is 5.67. The molecule has 2 rings (SSSR count). The van der Waals surface area contributed by atoms with E-state index in [9.17, 15) is 0 Å². The summed E-state index contributed by atoms with van der Waals surface area (Å²) in [5, 5.41) is 4.62. The SMILES string of the molecule is CCCNC(c1ccccc1Cl)C1CCCC1C. The van der Waals surface area contributed by atoms with Crippen LogP contribution in [-0.2, 0) is 0 Å². The van der Waals surface area contributed by atoms with Crippen LogP contribution in [0.3, 0.4) is 0 Å². The highest BCUT2D eigenvalue weighted by Crippen LogP contribution is 2.41. The maximum Gasteiger partial charge on any atom is 0.0453 e. The molecule has 0 bridgehead atoms. The molecule has 18 heavy (non-hydrogen) atoms. The van der Waals surface area contributed by atoms with Crippen LogP contribution >= 0.6 is 11.6 Å². The van der Waals surface area contributed by atoms with Crippen LogP contribution in [0.2, 0.25) is 5.02 Å². The summed E-state index contributed by atoms with van der Waals surface area (Å²) in [5.41, 5.74) is 1.28. The lowest BCUT2D eigenvalue weighted by Gasteiger charge is -2.29. The second-order valence-electron chi connectivity index (χ2n) is 5.53. The van der Waals surface area contributed by atoms with Crippen LogP contribution in [0.15, 0.2) is 24.3 Å². The van der Waals surface area contributed by atoms with E-state index < -0.39 is 0 Å². The zero-order valence-electron chi connectivity index (χ0n) is 11.5. The fraction of sp³-hybridized carbons (Fsp3) is 0.625. The predicted octanol–water partition coefficient (Wildman–Crippen LogP) is 4.82. The van der Waals surface area contributed by atoms with Crippen molar-refractivity contribution in [2.75, 3.05) is 6.54 Å². The Kier molecular flexibility index (Phi) is 5.08. The molecule has 3 atom stereocenters. The van der Waals surface area contributed by atoms with Gasteiger partial charge in [-0.15, -0.1) is 0 Å². The second-order valence-corrected chi connectivity index (χ2v) is 5.93. The first-order valence-corrected chi connectivity index (χ1v) is 7.59. The van der Waals surface area contributed by atoms with Crippen LogP contribution < -0.4 is 5.32 Å². The maximum absolute atomic E-state index is 6.38. The van der Waals surface area contributed by atoms with Crippen LogP contribution in [0.1, 0.15) is 51.1 Å². The van der Waals surface area contributed by atoms with E-state index in [4.69, 9.17) is 11.6 Å². The fourth-order valence-electron chi connectivity index (χ4n) is 3.19. The molecule has 0 heterocycles. The van der Waals surface area contributed by atoms with E-state index in [1.807, 2.05) is 12.1 Å². The minimum atomic E-state index is 0.427. The molecular formula is C16H24ClN. The Morgan fingerprint density at radius 3 is 2.72 bits per heavy atom. The van der Waals surface area contributed by atoms with Crippen molar-refractivity contribution in [2.24, 2.45) is 11.8 Å². The first-order valence-electron chi connectivity index (χ1n) is 7.21. The second kappa shape index (κ2) is 6.58. The van der Waals surface area contributed by atoms with Crippen LogP contribution in [0, 0.1) is 11.8 Å². The van der Waals surface area contributed by atoms with Gasteiger partial charge in [-0.1, -0.05) is 56.5 Å². The molecule has 0 saturated heterocycles. The van der Waals surface area contributed by atoms with Crippen molar-refractivity contribution in [3.05, 3.63) is 34.9 Å². The van der Waals surface area contributed by atoms with E-state index in [2.05, 4.69) is 31.3 Å². The molecule has 1 nitrogen and oxygen atoms in total. The highest BCUT2D eigenvalue weighted by Gasteiger charge is 2.32. The maximum atomic E-state index is 6.38. The molecule has 2 heteroatoms. The van der Waals surface area contributed by atoms with Gasteiger partial charge in [-0.05, 0) is 42.9 Å². The van der Waals surface area contributed by atoms with E-state index in [0.717, 1.165) is 23.4 Å². The molecule has 1 aliphatic rings. The number of hydrogen-bond donors (Lipinski definition) is 1. The molecule has 1 aromatic rings. The lowest BCUT2D eigenvalue weighted by Crippen LogP contribution is -2.30. The van der Waals surface area contributed by atoms with E-state index in [1.165, 1.54) is 31.2 Å². The van der Waals surface area contributed by atoms with E-state index in [0.29, 0.717) is 6.04 Å². The Morgan fingerprint density at radius 2 is 2.11 bits per heavy atom. The summed E-state index contributed by atoms with van der Waals surface area (Å²) in [5.74, 6) is 1.53. The summed E-state index contributed by atoms with van der Waals surface area (Å²) in [6.07, 6.45) is 5.22. The van der Waals surface area contributed by atoms with Crippen molar-refractivity contribution in [2.45, 2.75) is 45.6 Å². The van der Waals surface area contributed by atoms with Gasteiger partial charge in [0.25, 0.3) is 0 Å². The summed E-state index contributed by atoms with van der Waals surface area (Å²) in [7, 11) is 0. The van der Waals surface area contributed by atoms with Crippen molar-refractivity contribution in [1.82, 2.24) is 5.32 Å². The zero-order chi connectivity index (χ0) is 13.0. The van der Waals surface area contributed by atoms with E-state index >= 15 is 0 Å². The summed E-state index contributed by atoms with van der Waals surface area (Å²) >= 11 is 6.38. The molecule has 1 saturated carbocycles. The van der Waals surface area contributed by atoms with Crippen molar-refractivity contribution in [3.63, 3.8) is 0 Å². The molecule has 100 valence electrons. The molecule has 1 aromatic carbocycles. The fourth-order valence-corrected chi connectivity index (χ4v) is 3.44. The molecule has 0 radical (unpaired) electrons. The standard InChI is InChI=1S/C16H24ClN/c1-3-11-18-16(13-9-6-7-12(13)2)14-8-4-5-10-15(14)17/h4-5,8,10,12-13,16,18H,3,6-7,9,11H2,1-2H3. The summed E-state index contributed by atoms with van der Waals surface area (Å²) in [6, 6.07) is 8.73. The average molecular weight is 266 g/mol. The molecule has 1 aliphatic carbocycles. The van der Waals surface area contributed by atoms with Gasteiger partial charge in [0, 0.05) is 11.1 Å². The van der Waals surface area contributed by atoms with Gasteiger partial charge in [0.2, 0.25) is 0 Å². The molecule has 0 spiro atoms. The van der Waals surface area contributed by atoms with Crippen LogP contribution in [-0.4, -0.2) is 6.54 Å². The summed E-state index contributed by atoms with van der Waals surface area (Å²) < 4.78 is 0. The van der Waals surface area contributed by atoms with Gasteiger partial charge in [0.05, 0.1) is 0 Å². The summed E-state index contributed by atoms with van der Waals surface area (Å²) in [4.78, 5) is 0. The normalized spacial score (nSPS) is 25.3. The lowest BCUT2D eigenvalue weighted by atomic mass is 9.86. The minimum absolute atomic E-state index is 0.427. The Hall–Kier alpha value is -0.530. The average Bonchev–Trinajstić information content (AvgIpc) is 2.78. The zero-order valence-corrected chi connectivity index (χ0v) is 12.2. The third-order valence-corrected chi connectivity index (χ3v) is 4.55. The Balaban J connectivity index is 2.21. The number of benzene rings is 1. The smallest absolute Gasteiger partial charge is 0.0453 e. The largest absolute Gasteiger partial charge is 0.310 e. The van der Waals surface area contributed by atoms with Crippen LogP contribution in [0.5, 0.6) is 0 Å². The Labute approximate surface area is 116 Å². The van der Waals surface area contributed by atoms with Gasteiger partial charge in [0.15, 0.2) is 0 Å². The predicted molar refractivity (Wildman–Crippen MR) is 79.0 cm³/mol. The van der Waals surface area contributed by atoms with Gasteiger partial charge < -0.3 is 5.32 Å². The van der Waals surface area contributed by atoms with Crippen molar-refractivity contribution in [3.8, 4) is 0 Å². The van der Waals surface area contributed by atoms with Gasteiger partial charge in [0.1, 0.15) is 0 Å². The molecule has 0 aromatic heterocycles. The first kappa shape index (κ1) is 13.9. The van der Waals surface area contributed by atoms with Crippen LogP contribution in [0.25, 0.3) is 0 Å². The lowest BCUT2D eigenvalue weighted by molar-refractivity contribution is 0.302. The monoisotopic (exact) mass is 265 g/mol. The minimum Gasteiger partial charge on any atom is -0.310 e. The quantitative estimate of drug-likeness (QED) is 0.805. The first-order chi connectivity index (χ1) is 8.74. The van der Waals surface area contributed by atoms with E-state index in [1.54, 1.807) is 0 Å². The van der Waals surface area contributed by atoms with Gasteiger partial charge in [-0.2, -0.15) is 0 Å². The Bertz CT molecular complexity index is 377. The number of halogens is 1. The highest BCUT2D eigenvalue weighted by atomic mass is 35.5. The molecule has 1 N–H and O–H groups in total. The molecule has 1 fully saturated rings. The number of hydrogen-bond acceptors (Lipinski definition) is 1. The molecular weight excluding hydrogens is 242 g/mol. The van der Waals surface area contributed by atoms with Crippen LogP contribution in [0.4, 0.5) is 0 Å². The van der Waals surface area contributed by atoms with Crippen molar-refractivity contribution in [1.29, 1.82) is 0 Å². The van der Waals surface area contributed by atoms with Crippen molar-refractivity contribution >= 4 is 11.6 Å². The topological polar surface area (TPSA) is 12.0 Å². The van der Waals surface area contributed by atoms with Crippen molar-refractivity contribution < 1.29 is 0 Å². The van der Waals surface area contributed by atoms with Gasteiger partial charge in [-0.25, -0.2) is 0 Å². The molecule has 0 aliphatic heterocycles. The molecule has 0 amide bonds. The van der Waals surface area contributed by atoms with Gasteiger partial charge in [-0.3, -0.25) is 0 Å². The number of rotatable bonds is 5. The molecule has 3 unspecified atom stereocenters. The number of nitrogens with one attached hydrogen (secondary N) is 1.